The molecule has 1 heterocycles. The number of anilines is 1. The molecule has 0 aliphatic heterocycles. The molecule has 0 spiro atoms. The highest BCUT2D eigenvalue weighted by Crippen LogP contribution is 2.25. The Morgan fingerprint density at radius 3 is 2.13 bits per heavy atom. The number of carbonyl (C=O) groups excluding carboxylic acids is 1. The van der Waals surface area contributed by atoms with Crippen molar-refractivity contribution in [3.05, 3.63) is 23.9 Å². The van der Waals surface area contributed by atoms with Gasteiger partial charge >= 0.3 is 0 Å². The summed E-state index contributed by atoms with van der Waals surface area (Å²) in [4.78, 5) is 20.7. The van der Waals surface area contributed by atoms with Crippen LogP contribution in [-0.4, -0.2) is 41.0 Å². The summed E-state index contributed by atoms with van der Waals surface area (Å²) in [5, 5.41) is 0. The number of hydrogen-bond acceptors (Lipinski definition) is 3. The lowest BCUT2D eigenvalue weighted by Gasteiger charge is -2.33. The Bertz CT molecular complexity index is 510. The Hall–Kier alpha value is -1.42. The van der Waals surface area contributed by atoms with Crippen LogP contribution in [0.1, 0.15) is 61.0 Å². The van der Waals surface area contributed by atoms with Gasteiger partial charge in [0.15, 0.2) is 0 Å². The van der Waals surface area contributed by atoms with Crippen molar-refractivity contribution >= 4 is 11.7 Å². The molecular weight excluding hydrogens is 286 g/mol. The summed E-state index contributed by atoms with van der Waals surface area (Å²) >= 11 is 0. The van der Waals surface area contributed by atoms with Crippen LogP contribution in [0.25, 0.3) is 0 Å². The second-order valence-corrected chi connectivity index (χ2v) is 7.75. The fourth-order valence-electron chi connectivity index (χ4n) is 2.79. The second-order valence-electron chi connectivity index (χ2n) is 7.75. The fourth-order valence-corrected chi connectivity index (χ4v) is 2.79. The van der Waals surface area contributed by atoms with Crippen molar-refractivity contribution in [3.8, 4) is 0 Å². The van der Waals surface area contributed by atoms with E-state index in [2.05, 4.69) is 58.4 Å². The normalized spacial score (nSPS) is 12.3. The van der Waals surface area contributed by atoms with E-state index in [1.54, 1.807) is 18.0 Å². The number of rotatable bonds is 6. The summed E-state index contributed by atoms with van der Waals surface area (Å²) in [7, 11) is 0. The second kappa shape index (κ2) is 7.91. The molecule has 130 valence electrons. The van der Waals surface area contributed by atoms with Crippen molar-refractivity contribution in [2.24, 2.45) is 0 Å². The van der Waals surface area contributed by atoms with E-state index in [-0.39, 0.29) is 11.3 Å². The monoisotopic (exact) mass is 319 g/mol. The average molecular weight is 319 g/mol. The minimum absolute atomic E-state index is 0.0380. The van der Waals surface area contributed by atoms with Gasteiger partial charge in [0.05, 0.1) is 0 Å². The SMILES string of the molecule is CC(=O)N(CCN(C(C)C)C(C)C)c1cc(C(C)(C)C)ccn1. The first kappa shape index (κ1) is 19.6. The van der Waals surface area contributed by atoms with Crippen LogP contribution in [0, 0.1) is 0 Å². The molecule has 0 atom stereocenters. The van der Waals surface area contributed by atoms with Gasteiger partial charge in [-0.1, -0.05) is 20.8 Å². The van der Waals surface area contributed by atoms with Crippen LogP contribution in [0.5, 0.6) is 0 Å². The van der Waals surface area contributed by atoms with E-state index in [4.69, 9.17) is 0 Å². The maximum atomic E-state index is 12.1. The third-order valence-corrected chi connectivity index (χ3v) is 4.18. The first-order valence-corrected chi connectivity index (χ1v) is 8.54. The first-order chi connectivity index (χ1) is 10.5. The lowest BCUT2D eigenvalue weighted by Crippen LogP contribution is -2.44. The molecule has 1 amide bonds. The van der Waals surface area contributed by atoms with E-state index in [0.29, 0.717) is 18.6 Å². The van der Waals surface area contributed by atoms with Crippen molar-refractivity contribution in [1.82, 2.24) is 9.88 Å². The summed E-state index contributed by atoms with van der Waals surface area (Å²) in [5.41, 5.74) is 1.24. The van der Waals surface area contributed by atoms with E-state index in [1.807, 2.05) is 12.1 Å². The molecule has 1 aromatic heterocycles. The van der Waals surface area contributed by atoms with Gasteiger partial charge in [-0.15, -0.1) is 0 Å². The summed E-state index contributed by atoms with van der Waals surface area (Å²) < 4.78 is 0. The smallest absolute Gasteiger partial charge is 0.225 e. The van der Waals surface area contributed by atoms with Gasteiger partial charge in [0.25, 0.3) is 0 Å². The standard InChI is InChI=1S/C19H33N3O/c1-14(2)21(15(3)4)11-12-22(16(5)23)18-13-17(9-10-20-18)19(6,7)8/h9-10,13-15H,11-12H2,1-8H3. The molecule has 1 aromatic rings. The largest absolute Gasteiger partial charge is 0.297 e. The van der Waals surface area contributed by atoms with Gasteiger partial charge in [0.1, 0.15) is 5.82 Å². The molecular formula is C19H33N3O. The summed E-state index contributed by atoms with van der Waals surface area (Å²) in [6, 6.07) is 4.97. The third-order valence-electron chi connectivity index (χ3n) is 4.18. The highest BCUT2D eigenvalue weighted by Gasteiger charge is 2.20. The van der Waals surface area contributed by atoms with Gasteiger partial charge in [-0.25, -0.2) is 4.98 Å². The fraction of sp³-hybridized carbons (Fsp3) is 0.684. The minimum Gasteiger partial charge on any atom is -0.297 e. The zero-order valence-corrected chi connectivity index (χ0v) is 16.1. The Balaban J connectivity index is 2.98. The molecule has 0 radical (unpaired) electrons. The van der Waals surface area contributed by atoms with Gasteiger partial charge in [-0.2, -0.15) is 0 Å². The number of carbonyl (C=O) groups is 1. The number of hydrogen-bond donors (Lipinski definition) is 0. The molecule has 4 heteroatoms. The number of nitrogens with zero attached hydrogens (tertiary/aromatic N) is 3. The molecule has 4 nitrogen and oxygen atoms in total. The molecule has 0 bridgehead atoms. The number of pyridine rings is 1. The van der Waals surface area contributed by atoms with E-state index < -0.39 is 0 Å². The van der Waals surface area contributed by atoms with Crippen LogP contribution in [0.2, 0.25) is 0 Å². The lowest BCUT2D eigenvalue weighted by molar-refractivity contribution is -0.116. The Kier molecular flexibility index (Phi) is 6.75. The van der Waals surface area contributed by atoms with Crippen molar-refractivity contribution < 1.29 is 4.79 Å². The molecule has 0 saturated heterocycles. The van der Waals surface area contributed by atoms with Crippen LogP contribution in [0.15, 0.2) is 18.3 Å². The van der Waals surface area contributed by atoms with Gasteiger partial charge in [0, 0.05) is 38.3 Å². The van der Waals surface area contributed by atoms with Crippen molar-refractivity contribution in [1.29, 1.82) is 0 Å². The average Bonchev–Trinajstić information content (AvgIpc) is 2.41. The zero-order chi connectivity index (χ0) is 17.8. The lowest BCUT2D eigenvalue weighted by atomic mass is 9.88. The molecule has 0 aliphatic rings. The molecule has 0 aromatic carbocycles. The summed E-state index contributed by atoms with van der Waals surface area (Å²) in [5.74, 6) is 0.786. The van der Waals surface area contributed by atoms with E-state index >= 15 is 0 Å². The predicted molar refractivity (Wildman–Crippen MR) is 97.9 cm³/mol. The van der Waals surface area contributed by atoms with Gasteiger partial charge < -0.3 is 0 Å². The molecule has 23 heavy (non-hydrogen) atoms. The van der Waals surface area contributed by atoms with Crippen LogP contribution in [0.3, 0.4) is 0 Å². The van der Waals surface area contributed by atoms with E-state index in [0.717, 1.165) is 12.4 Å². The van der Waals surface area contributed by atoms with Crippen LogP contribution >= 0.6 is 0 Å². The summed E-state index contributed by atoms with van der Waals surface area (Å²) in [6.45, 7) is 18.4. The molecule has 0 unspecified atom stereocenters. The predicted octanol–water partition coefficient (Wildman–Crippen LogP) is 3.85. The Morgan fingerprint density at radius 1 is 1.13 bits per heavy atom. The van der Waals surface area contributed by atoms with Crippen LogP contribution < -0.4 is 4.90 Å². The number of aromatic nitrogens is 1. The number of amides is 1. The third kappa shape index (κ3) is 5.61. The highest BCUT2D eigenvalue weighted by atomic mass is 16.2. The molecule has 0 N–H and O–H groups in total. The van der Waals surface area contributed by atoms with E-state index in [9.17, 15) is 4.79 Å². The van der Waals surface area contributed by atoms with Crippen LogP contribution in [-0.2, 0) is 10.2 Å². The van der Waals surface area contributed by atoms with Gasteiger partial charge in [-0.05, 0) is 50.8 Å². The van der Waals surface area contributed by atoms with Crippen molar-refractivity contribution in [2.45, 2.75) is 72.9 Å². The van der Waals surface area contributed by atoms with Crippen molar-refractivity contribution in [3.63, 3.8) is 0 Å². The summed E-state index contributed by atoms with van der Waals surface area (Å²) in [6.07, 6.45) is 1.80. The molecule has 0 fully saturated rings. The first-order valence-electron chi connectivity index (χ1n) is 8.54. The van der Waals surface area contributed by atoms with E-state index in [1.165, 1.54) is 5.56 Å². The van der Waals surface area contributed by atoms with Gasteiger partial charge in [-0.3, -0.25) is 14.6 Å². The quantitative estimate of drug-likeness (QED) is 0.799. The van der Waals surface area contributed by atoms with Crippen molar-refractivity contribution in [2.75, 3.05) is 18.0 Å². The van der Waals surface area contributed by atoms with Crippen LogP contribution in [0.4, 0.5) is 5.82 Å². The maximum Gasteiger partial charge on any atom is 0.225 e. The maximum absolute atomic E-state index is 12.1. The minimum atomic E-state index is 0.0380. The Labute approximate surface area is 141 Å². The Morgan fingerprint density at radius 2 is 1.70 bits per heavy atom. The molecule has 0 saturated carbocycles. The zero-order valence-electron chi connectivity index (χ0n) is 16.1. The highest BCUT2D eigenvalue weighted by molar-refractivity contribution is 5.90. The molecule has 0 aliphatic carbocycles. The van der Waals surface area contributed by atoms with Gasteiger partial charge in [0.2, 0.25) is 5.91 Å². The topological polar surface area (TPSA) is 36.4 Å². The molecule has 1 rings (SSSR count).